The number of para-hydroxylation sites is 1. The molecule has 31 heavy (non-hydrogen) atoms. The number of hydrogen-bond donors (Lipinski definition) is 2. The van der Waals surface area contributed by atoms with Crippen LogP contribution in [-0.4, -0.2) is 66.3 Å². The molecule has 3 heterocycles. The fourth-order valence-corrected chi connectivity index (χ4v) is 5.25. The van der Waals surface area contributed by atoms with Crippen LogP contribution >= 0.6 is 11.6 Å². The summed E-state index contributed by atoms with van der Waals surface area (Å²) in [6.07, 6.45) is -0.572. The molecule has 2 N–H and O–H groups in total. The molecule has 2 aromatic carbocycles. The lowest BCUT2D eigenvalue weighted by molar-refractivity contribution is -0.138. The number of ether oxygens (including phenoxy) is 2. The van der Waals surface area contributed by atoms with Gasteiger partial charge in [0.05, 0.1) is 12.1 Å². The number of β-amino-alcohol motifs (C(OH)–C–C–N with tert-alkyl or cyclic N) is 1. The molecule has 1 fully saturated rings. The summed E-state index contributed by atoms with van der Waals surface area (Å²) in [4.78, 5) is 30.2. The first-order chi connectivity index (χ1) is 14.9. The van der Waals surface area contributed by atoms with E-state index in [1.165, 1.54) is 4.90 Å². The zero-order chi connectivity index (χ0) is 21.9. The monoisotopic (exact) mass is 443 g/mol. The normalized spacial score (nSPS) is 26.6. The fraction of sp³-hybridized carbons (Fsp3) is 0.364. The van der Waals surface area contributed by atoms with E-state index in [-0.39, 0.29) is 31.6 Å². The van der Waals surface area contributed by atoms with Gasteiger partial charge in [0, 0.05) is 42.5 Å². The van der Waals surface area contributed by atoms with Gasteiger partial charge < -0.3 is 24.8 Å². The average molecular weight is 444 g/mol. The molecule has 1 unspecified atom stereocenters. The van der Waals surface area contributed by atoms with Gasteiger partial charge in [-0.25, -0.2) is 0 Å². The van der Waals surface area contributed by atoms with Crippen LogP contribution in [0.1, 0.15) is 17.5 Å². The second kappa shape index (κ2) is 7.12. The molecule has 0 aromatic heterocycles. The number of amides is 2. The molecular weight excluding hydrogens is 422 g/mol. The van der Waals surface area contributed by atoms with E-state index in [0.29, 0.717) is 33.3 Å². The number of anilines is 1. The van der Waals surface area contributed by atoms with E-state index in [9.17, 15) is 14.7 Å². The van der Waals surface area contributed by atoms with E-state index in [1.54, 1.807) is 55.4 Å². The number of nitrogens with zero attached hydrogens (tertiary/aromatic N) is 2. The molecule has 9 heteroatoms. The first-order valence-corrected chi connectivity index (χ1v) is 10.4. The van der Waals surface area contributed by atoms with Gasteiger partial charge in [-0.2, -0.15) is 0 Å². The Kier molecular flexibility index (Phi) is 4.62. The Labute approximate surface area is 184 Å². The third-order valence-corrected chi connectivity index (χ3v) is 6.49. The lowest BCUT2D eigenvalue weighted by Crippen LogP contribution is -2.57. The minimum atomic E-state index is -1.47. The second-order valence-corrected chi connectivity index (χ2v) is 8.56. The summed E-state index contributed by atoms with van der Waals surface area (Å²) in [7, 11) is 3.31. The topological polar surface area (TPSA) is 91.3 Å². The highest BCUT2D eigenvalue weighted by Crippen LogP contribution is 2.55. The highest BCUT2D eigenvalue weighted by molar-refractivity contribution is 6.33. The molecule has 3 aliphatic heterocycles. The van der Waals surface area contributed by atoms with Crippen LogP contribution in [-0.2, 0) is 15.1 Å². The molecule has 0 radical (unpaired) electrons. The lowest BCUT2D eigenvalue weighted by Gasteiger charge is -2.41. The number of rotatable bonds is 3. The zero-order valence-electron chi connectivity index (χ0n) is 17.1. The molecule has 2 aromatic rings. The van der Waals surface area contributed by atoms with Crippen molar-refractivity contribution in [1.29, 1.82) is 0 Å². The minimum absolute atomic E-state index is 0.0299. The molecule has 8 nitrogen and oxygen atoms in total. The van der Waals surface area contributed by atoms with Crippen LogP contribution < -0.4 is 14.8 Å². The van der Waals surface area contributed by atoms with Gasteiger partial charge in [-0.1, -0.05) is 29.8 Å². The summed E-state index contributed by atoms with van der Waals surface area (Å²) in [5.41, 5.74) is 0.153. The van der Waals surface area contributed by atoms with E-state index in [4.69, 9.17) is 21.1 Å². The molecule has 5 rings (SSSR count). The van der Waals surface area contributed by atoms with Crippen molar-refractivity contribution < 1.29 is 24.2 Å². The van der Waals surface area contributed by atoms with Crippen molar-refractivity contribution in [2.75, 3.05) is 32.7 Å². The zero-order valence-corrected chi connectivity index (χ0v) is 17.8. The molecule has 2 amide bonds. The minimum Gasteiger partial charge on any atom is -0.454 e. The second-order valence-electron chi connectivity index (χ2n) is 8.16. The summed E-state index contributed by atoms with van der Waals surface area (Å²) >= 11 is 6.68. The predicted octanol–water partition coefficient (Wildman–Crippen LogP) is 1.79. The maximum absolute atomic E-state index is 13.8. The number of benzene rings is 2. The maximum atomic E-state index is 13.8. The van der Waals surface area contributed by atoms with Crippen molar-refractivity contribution >= 4 is 29.1 Å². The number of likely N-dealkylation sites (tertiary alicyclic amines) is 1. The van der Waals surface area contributed by atoms with Gasteiger partial charge in [-0.05, 0) is 24.6 Å². The van der Waals surface area contributed by atoms with Crippen LogP contribution in [0.5, 0.6) is 11.5 Å². The van der Waals surface area contributed by atoms with Gasteiger partial charge in [-0.15, -0.1) is 0 Å². The van der Waals surface area contributed by atoms with E-state index >= 15 is 0 Å². The van der Waals surface area contributed by atoms with Crippen LogP contribution in [0.4, 0.5) is 5.69 Å². The highest BCUT2D eigenvalue weighted by atomic mass is 35.5. The molecule has 0 bridgehead atoms. The number of aliphatic hydroxyl groups is 1. The number of nitrogens with one attached hydrogen (secondary N) is 1. The summed E-state index contributed by atoms with van der Waals surface area (Å²) in [6.45, 7) is 0.148. The number of aliphatic hydroxyl groups excluding tert-OH is 1. The summed E-state index contributed by atoms with van der Waals surface area (Å²) in [5, 5.41) is 13.9. The predicted molar refractivity (Wildman–Crippen MR) is 113 cm³/mol. The smallest absolute Gasteiger partial charge is 0.254 e. The Hall–Kier alpha value is -2.81. The van der Waals surface area contributed by atoms with Crippen molar-refractivity contribution in [2.45, 2.75) is 24.1 Å². The number of carbonyl (C=O) groups excluding carboxylic acids is 2. The number of likely N-dealkylation sites (N-methyl/N-ethyl adjacent to an activating group) is 1. The standard InChI is InChI=1S/C22H22ClN3O5/c1-25(2)20(28)16-9-12(27)10-26(16)22(13-5-3-8-17-19(13)31-11-30-17)18-14(23)6-4-7-15(18)24-21(22)29/h3-8,12,16,27H,9-11H2,1-2H3,(H,24,29)/t12-,16+,22?/m1/s1. The van der Waals surface area contributed by atoms with Crippen LogP contribution in [0.3, 0.4) is 0 Å². The average Bonchev–Trinajstić information content (AvgIpc) is 3.43. The third kappa shape index (κ3) is 2.75. The number of halogens is 1. The van der Waals surface area contributed by atoms with E-state index in [2.05, 4.69) is 5.32 Å². The van der Waals surface area contributed by atoms with Crippen LogP contribution in [0.25, 0.3) is 0 Å². The summed E-state index contributed by atoms with van der Waals surface area (Å²) in [6, 6.07) is 9.85. The Morgan fingerprint density at radius 3 is 2.81 bits per heavy atom. The van der Waals surface area contributed by atoms with Gasteiger partial charge in [0.25, 0.3) is 5.91 Å². The van der Waals surface area contributed by atoms with E-state index in [1.807, 2.05) is 0 Å². The summed E-state index contributed by atoms with van der Waals surface area (Å²) in [5.74, 6) is 0.391. The molecule has 3 atom stereocenters. The van der Waals surface area contributed by atoms with E-state index in [0.717, 1.165) is 0 Å². The number of carbonyl (C=O) groups is 2. The Balaban J connectivity index is 1.82. The van der Waals surface area contributed by atoms with Crippen molar-refractivity contribution in [3.8, 4) is 11.5 Å². The van der Waals surface area contributed by atoms with Crippen molar-refractivity contribution in [2.24, 2.45) is 0 Å². The van der Waals surface area contributed by atoms with Gasteiger partial charge in [0.1, 0.15) is 0 Å². The van der Waals surface area contributed by atoms with Crippen molar-refractivity contribution in [3.05, 3.63) is 52.5 Å². The molecule has 0 spiro atoms. The van der Waals surface area contributed by atoms with Crippen molar-refractivity contribution in [3.63, 3.8) is 0 Å². The van der Waals surface area contributed by atoms with Gasteiger partial charge in [-0.3, -0.25) is 14.5 Å². The van der Waals surface area contributed by atoms with Gasteiger partial charge in [0.2, 0.25) is 12.7 Å². The Bertz CT molecular complexity index is 1090. The first kappa shape index (κ1) is 20.1. The fourth-order valence-electron chi connectivity index (χ4n) is 4.94. The lowest BCUT2D eigenvalue weighted by atomic mass is 9.80. The first-order valence-electron chi connectivity index (χ1n) is 10.0. The molecule has 0 saturated carbocycles. The maximum Gasteiger partial charge on any atom is 0.254 e. The molecular formula is C22H22ClN3O5. The van der Waals surface area contributed by atoms with Crippen LogP contribution in [0.15, 0.2) is 36.4 Å². The SMILES string of the molecule is CN(C)C(=O)[C@@H]1C[C@@H](O)CN1C1(c2cccc3c2OCO3)C(=O)Nc2cccc(Cl)c21. The van der Waals surface area contributed by atoms with Gasteiger partial charge in [0.15, 0.2) is 17.0 Å². The number of fused-ring (bicyclic) bond motifs is 2. The number of hydrogen-bond acceptors (Lipinski definition) is 6. The van der Waals surface area contributed by atoms with Crippen LogP contribution in [0.2, 0.25) is 5.02 Å². The highest BCUT2D eigenvalue weighted by Gasteiger charge is 2.60. The van der Waals surface area contributed by atoms with Gasteiger partial charge >= 0.3 is 0 Å². The van der Waals surface area contributed by atoms with Crippen molar-refractivity contribution in [1.82, 2.24) is 9.80 Å². The summed E-state index contributed by atoms with van der Waals surface area (Å²) < 4.78 is 11.3. The van der Waals surface area contributed by atoms with E-state index < -0.39 is 17.7 Å². The third-order valence-electron chi connectivity index (χ3n) is 6.17. The Morgan fingerprint density at radius 1 is 1.26 bits per heavy atom. The van der Waals surface area contributed by atoms with Crippen LogP contribution in [0, 0.1) is 0 Å². The molecule has 0 aliphatic carbocycles. The Morgan fingerprint density at radius 2 is 2.03 bits per heavy atom. The molecule has 162 valence electrons. The molecule has 1 saturated heterocycles. The largest absolute Gasteiger partial charge is 0.454 e. The molecule has 3 aliphatic rings. The quantitative estimate of drug-likeness (QED) is 0.751.